The van der Waals surface area contributed by atoms with Gasteiger partial charge in [-0.05, 0) is 35.9 Å². The Morgan fingerprint density at radius 1 is 1.33 bits per heavy atom. The third kappa shape index (κ3) is 3.38. The molecule has 2 aromatic rings. The SMILES string of the molecule is COc1ccc(CS(=O)c2ccc(N)cc2F)cc1C#N. The van der Waals surface area contributed by atoms with Crippen molar-refractivity contribution < 1.29 is 13.3 Å². The van der Waals surface area contributed by atoms with Crippen LogP contribution in [0.2, 0.25) is 0 Å². The standard InChI is InChI=1S/C15H13FN2O2S/c1-20-14-4-2-10(6-11(14)8-17)9-21(19)15-5-3-12(18)7-13(15)16/h2-7H,9,18H2,1H3. The number of benzene rings is 2. The van der Waals surface area contributed by atoms with Crippen molar-refractivity contribution in [2.75, 3.05) is 12.8 Å². The van der Waals surface area contributed by atoms with Gasteiger partial charge in [0.05, 0.1) is 34.1 Å². The third-order valence-corrected chi connectivity index (χ3v) is 4.30. The van der Waals surface area contributed by atoms with Crippen LogP contribution in [0.4, 0.5) is 10.1 Å². The van der Waals surface area contributed by atoms with E-state index in [2.05, 4.69) is 0 Å². The topological polar surface area (TPSA) is 76.1 Å². The van der Waals surface area contributed by atoms with Crippen LogP contribution in [0.5, 0.6) is 5.75 Å². The Morgan fingerprint density at radius 3 is 2.71 bits per heavy atom. The van der Waals surface area contributed by atoms with Crippen molar-refractivity contribution in [3.63, 3.8) is 0 Å². The molecule has 108 valence electrons. The third-order valence-electron chi connectivity index (χ3n) is 2.88. The van der Waals surface area contributed by atoms with E-state index < -0.39 is 16.6 Å². The highest BCUT2D eigenvalue weighted by Crippen LogP contribution is 2.22. The molecule has 4 nitrogen and oxygen atoms in total. The zero-order chi connectivity index (χ0) is 15.4. The van der Waals surface area contributed by atoms with Gasteiger partial charge < -0.3 is 10.5 Å². The molecule has 0 amide bonds. The van der Waals surface area contributed by atoms with E-state index in [9.17, 15) is 8.60 Å². The molecule has 0 fully saturated rings. The highest BCUT2D eigenvalue weighted by Gasteiger charge is 2.12. The van der Waals surface area contributed by atoms with Gasteiger partial charge in [0.25, 0.3) is 0 Å². The first-order valence-corrected chi connectivity index (χ1v) is 7.37. The van der Waals surface area contributed by atoms with Gasteiger partial charge >= 0.3 is 0 Å². The number of hydrogen-bond acceptors (Lipinski definition) is 4. The molecular formula is C15H13FN2O2S. The summed E-state index contributed by atoms with van der Waals surface area (Å²) in [5.41, 5.74) is 6.76. The van der Waals surface area contributed by atoms with Crippen molar-refractivity contribution in [3.05, 3.63) is 53.3 Å². The Bertz CT molecular complexity index is 741. The summed E-state index contributed by atoms with van der Waals surface area (Å²) in [6.45, 7) is 0. The fourth-order valence-corrected chi connectivity index (χ4v) is 3.00. The smallest absolute Gasteiger partial charge is 0.141 e. The molecule has 0 radical (unpaired) electrons. The second-order valence-electron chi connectivity index (χ2n) is 4.33. The first kappa shape index (κ1) is 15.0. The number of anilines is 1. The Hall–Kier alpha value is -2.39. The Labute approximate surface area is 124 Å². The molecule has 2 aromatic carbocycles. The lowest BCUT2D eigenvalue weighted by atomic mass is 10.1. The number of rotatable bonds is 4. The number of halogens is 1. The van der Waals surface area contributed by atoms with E-state index >= 15 is 0 Å². The Morgan fingerprint density at radius 2 is 2.10 bits per heavy atom. The number of methoxy groups -OCH3 is 1. The summed E-state index contributed by atoms with van der Waals surface area (Å²) < 4.78 is 31.0. The van der Waals surface area contributed by atoms with E-state index in [1.54, 1.807) is 18.2 Å². The summed E-state index contributed by atoms with van der Waals surface area (Å²) in [6, 6.07) is 11.0. The minimum absolute atomic E-state index is 0.0959. The van der Waals surface area contributed by atoms with Gasteiger partial charge in [-0.2, -0.15) is 5.26 Å². The van der Waals surface area contributed by atoms with E-state index in [1.807, 2.05) is 6.07 Å². The summed E-state index contributed by atoms with van der Waals surface area (Å²) in [6.07, 6.45) is 0. The van der Waals surface area contributed by atoms with Crippen LogP contribution in [0.15, 0.2) is 41.3 Å². The van der Waals surface area contributed by atoms with E-state index in [0.29, 0.717) is 16.9 Å². The number of nitrogens with zero attached hydrogens (tertiary/aromatic N) is 1. The van der Waals surface area contributed by atoms with Crippen molar-refractivity contribution >= 4 is 16.5 Å². The van der Waals surface area contributed by atoms with E-state index in [4.69, 9.17) is 15.7 Å². The van der Waals surface area contributed by atoms with Crippen molar-refractivity contribution in [1.29, 1.82) is 5.26 Å². The van der Waals surface area contributed by atoms with Gasteiger partial charge in [-0.15, -0.1) is 0 Å². The van der Waals surface area contributed by atoms with Gasteiger partial charge in [0.1, 0.15) is 17.6 Å². The minimum Gasteiger partial charge on any atom is -0.495 e. The normalized spacial score (nSPS) is 11.7. The lowest BCUT2D eigenvalue weighted by Gasteiger charge is -2.07. The molecule has 0 aliphatic heterocycles. The monoisotopic (exact) mass is 304 g/mol. The van der Waals surface area contributed by atoms with Gasteiger partial charge in [0.2, 0.25) is 0 Å². The van der Waals surface area contributed by atoms with Crippen molar-refractivity contribution in [2.45, 2.75) is 10.6 Å². The van der Waals surface area contributed by atoms with Gasteiger partial charge in [0.15, 0.2) is 0 Å². The average molecular weight is 304 g/mol. The van der Waals surface area contributed by atoms with Crippen molar-refractivity contribution in [1.82, 2.24) is 0 Å². The molecular weight excluding hydrogens is 291 g/mol. The quantitative estimate of drug-likeness (QED) is 0.881. The summed E-state index contributed by atoms with van der Waals surface area (Å²) in [5.74, 6) is -0.0347. The second-order valence-corrected chi connectivity index (χ2v) is 5.75. The lowest BCUT2D eigenvalue weighted by molar-refractivity contribution is 0.413. The number of ether oxygens (including phenoxy) is 1. The summed E-state index contributed by atoms with van der Waals surface area (Å²) in [4.78, 5) is 0.0959. The minimum atomic E-state index is -1.55. The van der Waals surface area contributed by atoms with Crippen molar-refractivity contribution in [3.8, 4) is 11.8 Å². The van der Waals surface area contributed by atoms with E-state index in [-0.39, 0.29) is 16.3 Å². The molecule has 0 aromatic heterocycles. The predicted octanol–water partition coefficient (Wildman–Crippen LogP) is 2.60. The van der Waals surface area contributed by atoms with Gasteiger partial charge in [-0.3, -0.25) is 4.21 Å². The number of nitrogens with two attached hydrogens (primary N) is 1. The molecule has 0 spiro atoms. The van der Waals surface area contributed by atoms with Gasteiger partial charge in [-0.1, -0.05) is 6.07 Å². The molecule has 1 unspecified atom stereocenters. The molecule has 0 aliphatic carbocycles. The van der Waals surface area contributed by atoms with Gasteiger partial charge in [-0.25, -0.2) is 4.39 Å². The maximum Gasteiger partial charge on any atom is 0.141 e. The Kier molecular flexibility index (Phi) is 4.55. The van der Waals surface area contributed by atoms with Crippen LogP contribution >= 0.6 is 0 Å². The van der Waals surface area contributed by atoms with Crippen LogP contribution < -0.4 is 10.5 Å². The van der Waals surface area contributed by atoms with E-state index in [0.717, 1.165) is 6.07 Å². The number of nitriles is 1. The van der Waals surface area contributed by atoms with Crippen LogP contribution in [0, 0.1) is 17.1 Å². The molecule has 2 N–H and O–H groups in total. The molecule has 0 bridgehead atoms. The summed E-state index contributed by atoms with van der Waals surface area (Å²) in [5, 5.41) is 9.02. The molecule has 1 atom stereocenters. The van der Waals surface area contributed by atoms with Crippen LogP contribution in [0.25, 0.3) is 0 Å². The molecule has 21 heavy (non-hydrogen) atoms. The first-order chi connectivity index (χ1) is 10.0. The van der Waals surface area contributed by atoms with Gasteiger partial charge in [0, 0.05) is 5.69 Å². The molecule has 2 rings (SSSR count). The van der Waals surface area contributed by atoms with Crippen LogP contribution in [-0.4, -0.2) is 11.3 Å². The summed E-state index contributed by atoms with van der Waals surface area (Å²) in [7, 11) is -0.0838. The fraction of sp³-hybridized carbons (Fsp3) is 0.133. The predicted molar refractivity (Wildman–Crippen MR) is 78.6 cm³/mol. The number of hydrogen-bond donors (Lipinski definition) is 1. The zero-order valence-electron chi connectivity index (χ0n) is 11.3. The summed E-state index contributed by atoms with van der Waals surface area (Å²) >= 11 is 0. The molecule has 0 saturated carbocycles. The maximum atomic E-state index is 13.7. The first-order valence-electron chi connectivity index (χ1n) is 6.05. The van der Waals surface area contributed by atoms with Crippen LogP contribution in [0.3, 0.4) is 0 Å². The molecule has 6 heteroatoms. The zero-order valence-corrected chi connectivity index (χ0v) is 12.1. The van der Waals surface area contributed by atoms with Crippen molar-refractivity contribution in [2.24, 2.45) is 0 Å². The Balaban J connectivity index is 2.26. The van der Waals surface area contributed by atoms with E-state index in [1.165, 1.54) is 19.2 Å². The number of nitrogen functional groups attached to an aromatic ring is 1. The second kappa shape index (κ2) is 6.37. The fourth-order valence-electron chi connectivity index (χ4n) is 1.86. The molecule has 0 saturated heterocycles. The largest absolute Gasteiger partial charge is 0.495 e. The van der Waals surface area contributed by atoms with Crippen LogP contribution in [0.1, 0.15) is 11.1 Å². The molecule has 0 aliphatic rings. The lowest BCUT2D eigenvalue weighted by Crippen LogP contribution is -2.01. The highest BCUT2D eigenvalue weighted by atomic mass is 32.2. The molecule has 0 heterocycles. The highest BCUT2D eigenvalue weighted by molar-refractivity contribution is 7.84. The maximum absolute atomic E-state index is 13.7. The van der Waals surface area contributed by atoms with Crippen LogP contribution in [-0.2, 0) is 16.6 Å². The average Bonchev–Trinajstić information content (AvgIpc) is 2.46.